The van der Waals surface area contributed by atoms with Gasteiger partial charge >= 0.3 is 0 Å². The summed E-state index contributed by atoms with van der Waals surface area (Å²) in [5, 5.41) is 2.94. The standard InChI is InChI=1S/C22H26N2O2/c1-3-4-7-16-10-14-18(15-11-16)23-21(25)19-8-5-6-9-20(19)24(2)22(26)17-12-13-17/h5-6,8-11,14-15,17H,3-4,7,12-13H2,1-2H3,(H,23,25). The van der Waals surface area contributed by atoms with Crippen LogP contribution in [0.25, 0.3) is 0 Å². The van der Waals surface area contributed by atoms with Crippen molar-refractivity contribution in [2.24, 2.45) is 5.92 Å². The molecule has 2 aromatic carbocycles. The number of nitrogens with zero attached hydrogens (tertiary/aromatic N) is 1. The molecule has 4 nitrogen and oxygen atoms in total. The number of nitrogens with one attached hydrogen (secondary N) is 1. The van der Waals surface area contributed by atoms with Crippen LogP contribution in [0, 0.1) is 5.92 Å². The number of hydrogen-bond donors (Lipinski definition) is 1. The molecule has 0 heterocycles. The fourth-order valence-corrected chi connectivity index (χ4v) is 3.02. The number of hydrogen-bond acceptors (Lipinski definition) is 2. The number of anilines is 2. The van der Waals surface area contributed by atoms with Crippen LogP contribution in [0.3, 0.4) is 0 Å². The quantitative estimate of drug-likeness (QED) is 0.790. The van der Waals surface area contributed by atoms with Gasteiger partial charge in [-0.2, -0.15) is 0 Å². The Labute approximate surface area is 155 Å². The fourth-order valence-electron chi connectivity index (χ4n) is 3.02. The van der Waals surface area contributed by atoms with Gasteiger partial charge in [-0.25, -0.2) is 0 Å². The van der Waals surface area contributed by atoms with Gasteiger partial charge in [-0.15, -0.1) is 0 Å². The van der Waals surface area contributed by atoms with Gasteiger partial charge in [0, 0.05) is 18.7 Å². The van der Waals surface area contributed by atoms with Gasteiger partial charge in [0.1, 0.15) is 0 Å². The van der Waals surface area contributed by atoms with E-state index >= 15 is 0 Å². The Morgan fingerprint density at radius 3 is 2.42 bits per heavy atom. The number of unbranched alkanes of at least 4 members (excludes halogenated alkanes) is 1. The minimum atomic E-state index is -0.197. The van der Waals surface area contributed by atoms with E-state index in [9.17, 15) is 9.59 Å². The molecule has 0 bridgehead atoms. The van der Waals surface area contributed by atoms with E-state index < -0.39 is 0 Å². The summed E-state index contributed by atoms with van der Waals surface area (Å²) in [6.07, 6.45) is 5.29. The predicted molar refractivity (Wildman–Crippen MR) is 106 cm³/mol. The van der Waals surface area contributed by atoms with E-state index in [1.807, 2.05) is 30.3 Å². The highest BCUT2D eigenvalue weighted by Gasteiger charge is 2.33. The molecule has 26 heavy (non-hydrogen) atoms. The number of aryl methyl sites for hydroxylation is 1. The molecule has 0 radical (unpaired) electrons. The van der Waals surface area contributed by atoms with Crippen LogP contribution in [0.4, 0.5) is 11.4 Å². The molecule has 0 aliphatic heterocycles. The van der Waals surface area contributed by atoms with Crippen molar-refractivity contribution in [1.82, 2.24) is 0 Å². The molecular weight excluding hydrogens is 324 g/mol. The summed E-state index contributed by atoms with van der Waals surface area (Å²) >= 11 is 0. The maximum atomic E-state index is 12.8. The molecule has 1 saturated carbocycles. The molecule has 1 aliphatic carbocycles. The molecule has 3 rings (SSSR count). The van der Waals surface area contributed by atoms with Gasteiger partial charge in [0.2, 0.25) is 5.91 Å². The highest BCUT2D eigenvalue weighted by atomic mass is 16.2. The first-order chi connectivity index (χ1) is 12.6. The normalized spacial score (nSPS) is 13.3. The Hall–Kier alpha value is -2.62. The van der Waals surface area contributed by atoms with Crippen molar-refractivity contribution in [3.05, 3.63) is 59.7 Å². The van der Waals surface area contributed by atoms with Crippen molar-refractivity contribution in [3.8, 4) is 0 Å². The molecule has 0 saturated heterocycles. The van der Waals surface area contributed by atoms with Crippen molar-refractivity contribution < 1.29 is 9.59 Å². The molecule has 1 fully saturated rings. The van der Waals surface area contributed by atoms with Crippen LogP contribution in [-0.4, -0.2) is 18.9 Å². The average molecular weight is 350 g/mol. The van der Waals surface area contributed by atoms with Crippen molar-refractivity contribution in [2.75, 3.05) is 17.3 Å². The second-order valence-corrected chi connectivity index (χ2v) is 6.94. The lowest BCUT2D eigenvalue weighted by molar-refractivity contribution is -0.119. The summed E-state index contributed by atoms with van der Waals surface area (Å²) < 4.78 is 0. The van der Waals surface area contributed by atoms with E-state index in [1.54, 1.807) is 18.0 Å². The van der Waals surface area contributed by atoms with Crippen molar-refractivity contribution in [1.29, 1.82) is 0 Å². The molecule has 2 aromatic rings. The molecule has 4 heteroatoms. The van der Waals surface area contributed by atoms with Gasteiger partial charge in [0.25, 0.3) is 5.91 Å². The van der Waals surface area contributed by atoms with E-state index in [2.05, 4.69) is 24.4 Å². The first-order valence-electron chi connectivity index (χ1n) is 9.37. The van der Waals surface area contributed by atoms with Crippen LogP contribution in [0.5, 0.6) is 0 Å². The highest BCUT2D eigenvalue weighted by molar-refractivity contribution is 6.10. The lowest BCUT2D eigenvalue weighted by Crippen LogP contribution is -2.29. The molecule has 2 amide bonds. The van der Waals surface area contributed by atoms with Crippen molar-refractivity contribution in [2.45, 2.75) is 39.0 Å². The summed E-state index contributed by atoms with van der Waals surface area (Å²) in [5.41, 5.74) is 3.21. The largest absolute Gasteiger partial charge is 0.322 e. The van der Waals surface area contributed by atoms with Gasteiger partial charge in [0.05, 0.1) is 11.3 Å². The van der Waals surface area contributed by atoms with Crippen molar-refractivity contribution in [3.63, 3.8) is 0 Å². The van der Waals surface area contributed by atoms with Gasteiger partial charge < -0.3 is 10.2 Å². The summed E-state index contributed by atoms with van der Waals surface area (Å²) in [6.45, 7) is 2.18. The second-order valence-electron chi connectivity index (χ2n) is 6.94. The number of benzene rings is 2. The SMILES string of the molecule is CCCCc1ccc(NC(=O)c2ccccc2N(C)C(=O)C2CC2)cc1. The van der Waals surface area contributed by atoms with Crippen LogP contribution in [0.1, 0.15) is 48.5 Å². The number of rotatable bonds is 7. The first kappa shape index (κ1) is 18.2. The zero-order valence-electron chi connectivity index (χ0n) is 15.5. The smallest absolute Gasteiger partial charge is 0.257 e. The second kappa shape index (κ2) is 8.17. The zero-order valence-corrected chi connectivity index (χ0v) is 15.5. The maximum absolute atomic E-state index is 12.8. The minimum Gasteiger partial charge on any atom is -0.322 e. The molecule has 0 atom stereocenters. The van der Waals surface area contributed by atoms with Gasteiger partial charge in [-0.3, -0.25) is 9.59 Å². The van der Waals surface area contributed by atoms with E-state index in [1.165, 1.54) is 18.4 Å². The van der Waals surface area contributed by atoms with Crippen LogP contribution in [-0.2, 0) is 11.2 Å². The third-order valence-corrected chi connectivity index (χ3v) is 4.80. The Bertz CT molecular complexity index is 779. The maximum Gasteiger partial charge on any atom is 0.257 e. The fraction of sp³-hybridized carbons (Fsp3) is 0.364. The number of para-hydroxylation sites is 1. The summed E-state index contributed by atoms with van der Waals surface area (Å²) in [5.74, 6) is 0.00895. The average Bonchev–Trinajstić information content (AvgIpc) is 3.51. The molecule has 0 aromatic heterocycles. The first-order valence-corrected chi connectivity index (χ1v) is 9.37. The Kier molecular flexibility index (Phi) is 5.71. The Balaban J connectivity index is 1.72. The van der Waals surface area contributed by atoms with Crippen LogP contribution < -0.4 is 10.2 Å². The van der Waals surface area contributed by atoms with Gasteiger partial charge in [-0.05, 0) is 55.5 Å². The van der Waals surface area contributed by atoms with Crippen molar-refractivity contribution >= 4 is 23.2 Å². The van der Waals surface area contributed by atoms with Crippen LogP contribution >= 0.6 is 0 Å². The van der Waals surface area contributed by atoms with Crippen LogP contribution in [0.15, 0.2) is 48.5 Å². The third-order valence-electron chi connectivity index (χ3n) is 4.80. The third kappa shape index (κ3) is 4.31. The zero-order chi connectivity index (χ0) is 18.5. The van der Waals surface area contributed by atoms with E-state index in [-0.39, 0.29) is 17.7 Å². The van der Waals surface area contributed by atoms with E-state index in [0.717, 1.165) is 24.9 Å². The number of amides is 2. The van der Waals surface area contributed by atoms with Gasteiger partial charge in [-0.1, -0.05) is 37.6 Å². The molecule has 1 N–H and O–H groups in total. The summed E-state index contributed by atoms with van der Waals surface area (Å²) in [7, 11) is 1.75. The Morgan fingerprint density at radius 1 is 1.08 bits per heavy atom. The highest BCUT2D eigenvalue weighted by Crippen LogP contribution is 2.33. The monoisotopic (exact) mass is 350 g/mol. The van der Waals surface area contributed by atoms with E-state index in [0.29, 0.717) is 11.3 Å². The van der Waals surface area contributed by atoms with E-state index in [4.69, 9.17) is 0 Å². The lowest BCUT2D eigenvalue weighted by Gasteiger charge is -2.20. The number of carbonyl (C=O) groups excluding carboxylic acids is 2. The van der Waals surface area contributed by atoms with Crippen LogP contribution in [0.2, 0.25) is 0 Å². The molecule has 136 valence electrons. The molecule has 0 spiro atoms. The molecule has 1 aliphatic rings. The Morgan fingerprint density at radius 2 is 1.77 bits per heavy atom. The molecule has 0 unspecified atom stereocenters. The van der Waals surface area contributed by atoms with Gasteiger partial charge in [0.15, 0.2) is 0 Å². The predicted octanol–water partition coefficient (Wildman–Crippen LogP) is 4.65. The molecular formula is C22H26N2O2. The number of carbonyl (C=O) groups is 2. The topological polar surface area (TPSA) is 49.4 Å². The summed E-state index contributed by atoms with van der Waals surface area (Å²) in [4.78, 5) is 26.7. The lowest BCUT2D eigenvalue weighted by atomic mass is 10.1. The minimum absolute atomic E-state index is 0.0885. The summed E-state index contributed by atoms with van der Waals surface area (Å²) in [6, 6.07) is 15.2.